The molecule has 1 aliphatic rings. The monoisotopic (exact) mass is 225 g/mol. The Bertz CT molecular complexity index is 355. The van der Waals surface area contributed by atoms with E-state index in [-0.39, 0.29) is 22.5 Å². The van der Waals surface area contributed by atoms with Crippen molar-refractivity contribution in [3.8, 4) is 0 Å². The molecule has 4 nitrogen and oxygen atoms in total. The van der Waals surface area contributed by atoms with Crippen LogP contribution in [0, 0.1) is 15.5 Å². The normalized spacial score (nSPS) is 22.1. The van der Waals surface area contributed by atoms with Gasteiger partial charge in [0.05, 0.1) is 0 Å². The van der Waals surface area contributed by atoms with Crippen molar-refractivity contribution in [2.24, 2.45) is 5.41 Å². The Balaban J connectivity index is 2.87. The van der Waals surface area contributed by atoms with Gasteiger partial charge in [-0.15, -0.1) is 0 Å². The molecule has 1 aliphatic carbocycles. The van der Waals surface area contributed by atoms with Gasteiger partial charge in [0.15, 0.2) is 5.78 Å². The van der Waals surface area contributed by atoms with E-state index in [1.807, 2.05) is 6.92 Å². The minimum Gasteiger partial charge on any atom is -0.295 e. The summed E-state index contributed by atoms with van der Waals surface area (Å²) >= 11 is 0. The van der Waals surface area contributed by atoms with Crippen LogP contribution in [0.2, 0.25) is 0 Å². The highest BCUT2D eigenvalue weighted by Gasteiger charge is 2.32. The van der Waals surface area contributed by atoms with Gasteiger partial charge in [-0.2, -0.15) is 0 Å². The minimum absolute atomic E-state index is 0.00250. The predicted molar refractivity (Wildman–Crippen MR) is 61.8 cm³/mol. The van der Waals surface area contributed by atoms with Gasteiger partial charge in [0.2, 0.25) is 6.04 Å². The first-order valence-corrected chi connectivity index (χ1v) is 5.58. The third-order valence-electron chi connectivity index (χ3n) is 3.09. The van der Waals surface area contributed by atoms with Crippen molar-refractivity contribution in [3.05, 3.63) is 21.3 Å². The second kappa shape index (κ2) is 4.36. The first-order chi connectivity index (χ1) is 7.23. The van der Waals surface area contributed by atoms with Gasteiger partial charge in [0.25, 0.3) is 0 Å². The standard InChI is InChI=1S/C12H19NO3/c1-8-6-12(3,4)7-11(14)10(8)5-9(2)13(15)16/h9H,5-7H2,1-4H3. The Morgan fingerprint density at radius 3 is 2.44 bits per heavy atom. The number of nitro groups is 1. The van der Waals surface area contributed by atoms with Gasteiger partial charge in [-0.25, -0.2) is 0 Å². The highest BCUT2D eigenvalue weighted by atomic mass is 16.6. The second-order valence-corrected chi connectivity index (χ2v) is 5.54. The van der Waals surface area contributed by atoms with Crippen molar-refractivity contribution in [2.45, 2.75) is 53.0 Å². The van der Waals surface area contributed by atoms with Crippen molar-refractivity contribution in [3.63, 3.8) is 0 Å². The van der Waals surface area contributed by atoms with Crippen molar-refractivity contribution in [1.29, 1.82) is 0 Å². The molecule has 1 atom stereocenters. The molecule has 0 N–H and O–H groups in total. The maximum atomic E-state index is 11.9. The lowest BCUT2D eigenvalue weighted by Gasteiger charge is -2.31. The average Bonchev–Trinajstić information content (AvgIpc) is 2.09. The predicted octanol–water partition coefficient (Wildman–Crippen LogP) is 2.75. The van der Waals surface area contributed by atoms with E-state index in [0.29, 0.717) is 12.0 Å². The van der Waals surface area contributed by atoms with Crippen molar-refractivity contribution in [2.75, 3.05) is 0 Å². The molecule has 0 aromatic rings. The summed E-state index contributed by atoms with van der Waals surface area (Å²) in [7, 11) is 0. The van der Waals surface area contributed by atoms with Crippen molar-refractivity contribution in [1.82, 2.24) is 0 Å². The molecule has 0 heterocycles. The number of rotatable bonds is 3. The lowest BCUT2D eigenvalue weighted by atomic mass is 9.73. The van der Waals surface area contributed by atoms with E-state index in [1.54, 1.807) is 6.92 Å². The summed E-state index contributed by atoms with van der Waals surface area (Å²) in [5.41, 5.74) is 1.71. The van der Waals surface area contributed by atoms with Crippen LogP contribution in [-0.4, -0.2) is 16.7 Å². The first kappa shape index (κ1) is 12.9. The minimum atomic E-state index is -0.671. The number of hydrogen-bond acceptors (Lipinski definition) is 3. The quantitative estimate of drug-likeness (QED) is 0.548. The fourth-order valence-electron chi connectivity index (χ4n) is 2.32. The lowest BCUT2D eigenvalue weighted by Crippen LogP contribution is -2.28. The van der Waals surface area contributed by atoms with Crippen LogP contribution in [0.4, 0.5) is 0 Å². The van der Waals surface area contributed by atoms with Gasteiger partial charge in [0.1, 0.15) is 0 Å². The van der Waals surface area contributed by atoms with E-state index in [0.717, 1.165) is 12.0 Å². The van der Waals surface area contributed by atoms with Crippen LogP contribution >= 0.6 is 0 Å². The number of allylic oxidation sites excluding steroid dienone is 1. The van der Waals surface area contributed by atoms with E-state index in [4.69, 9.17) is 0 Å². The van der Waals surface area contributed by atoms with Gasteiger partial charge in [-0.05, 0) is 18.8 Å². The fourth-order valence-corrected chi connectivity index (χ4v) is 2.32. The van der Waals surface area contributed by atoms with E-state index >= 15 is 0 Å². The first-order valence-electron chi connectivity index (χ1n) is 5.58. The van der Waals surface area contributed by atoms with E-state index in [9.17, 15) is 14.9 Å². The number of ketones is 1. The van der Waals surface area contributed by atoms with Gasteiger partial charge in [-0.3, -0.25) is 14.9 Å². The Kier molecular flexibility index (Phi) is 3.51. The van der Waals surface area contributed by atoms with Crippen molar-refractivity contribution < 1.29 is 9.72 Å². The average molecular weight is 225 g/mol. The molecular formula is C12H19NO3. The van der Waals surface area contributed by atoms with Crippen LogP contribution in [0.5, 0.6) is 0 Å². The molecule has 0 amide bonds. The maximum absolute atomic E-state index is 11.9. The van der Waals surface area contributed by atoms with Crippen LogP contribution in [0.25, 0.3) is 0 Å². The smallest absolute Gasteiger partial charge is 0.214 e. The molecule has 0 aromatic carbocycles. The largest absolute Gasteiger partial charge is 0.295 e. The zero-order valence-electron chi connectivity index (χ0n) is 10.4. The molecule has 0 saturated carbocycles. The SMILES string of the molecule is CC1=C(CC(C)[N+](=O)[O-])C(=O)CC(C)(C)C1. The van der Waals surface area contributed by atoms with Gasteiger partial charge < -0.3 is 0 Å². The summed E-state index contributed by atoms with van der Waals surface area (Å²) in [5, 5.41) is 10.6. The highest BCUT2D eigenvalue weighted by Crippen LogP contribution is 2.37. The second-order valence-electron chi connectivity index (χ2n) is 5.54. The van der Waals surface area contributed by atoms with Gasteiger partial charge in [-0.1, -0.05) is 19.4 Å². The summed E-state index contributed by atoms with van der Waals surface area (Å²) in [6, 6.07) is -0.671. The molecule has 0 fully saturated rings. The molecule has 0 bridgehead atoms. The molecule has 90 valence electrons. The molecule has 16 heavy (non-hydrogen) atoms. The Morgan fingerprint density at radius 2 is 2.00 bits per heavy atom. The number of carbonyl (C=O) groups excluding carboxylic acids is 1. The Morgan fingerprint density at radius 1 is 1.44 bits per heavy atom. The molecule has 0 aliphatic heterocycles. The Labute approximate surface area is 95.9 Å². The van der Waals surface area contributed by atoms with Crippen LogP contribution in [0.3, 0.4) is 0 Å². The fraction of sp³-hybridized carbons (Fsp3) is 0.750. The molecular weight excluding hydrogens is 206 g/mol. The molecule has 4 heteroatoms. The topological polar surface area (TPSA) is 60.2 Å². The third-order valence-corrected chi connectivity index (χ3v) is 3.09. The number of hydrogen-bond donors (Lipinski definition) is 0. The summed E-state index contributed by atoms with van der Waals surface area (Å²) in [4.78, 5) is 22.2. The number of carbonyl (C=O) groups is 1. The summed E-state index contributed by atoms with van der Waals surface area (Å²) < 4.78 is 0. The zero-order valence-corrected chi connectivity index (χ0v) is 10.4. The summed E-state index contributed by atoms with van der Waals surface area (Å²) in [5.74, 6) is 0.0856. The zero-order chi connectivity index (χ0) is 12.5. The summed E-state index contributed by atoms with van der Waals surface area (Å²) in [6.45, 7) is 7.58. The molecule has 1 unspecified atom stereocenters. The van der Waals surface area contributed by atoms with Crippen LogP contribution < -0.4 is 0 Å². The molecule has 0 spiro atoms. The van der Waals surface area contributed by atoms with Gasteiger partial charge >= 0.3 is 0 Å². The highest BCUT2D eigenvalue weighted by molar-refractivity contribution is 5.97. The van der Waals surface area contributed by atoms with Gasteiger partial charge in [0, 0.05) is 30.3 Å². The molecule has 0 aromatic heterocycles. The van der Waals surface area contributed by atoms with Crippen LogP contribution in [0.1, 0.15) is 47.0 Å². The summed E-state index contributed by atoms with van der Waals surface area (Å²) in [6.07, 6.45) is 1.64. The van der Waals surface area contributed by atoms with E-state index in [2.05, 4.69) is 13.8 Å². The molecule has 1 rings (SSSR count). The lowest BCUT2D eigenvalue weighted by molar-refractivity contribution is -0.517. The van der Waals surface area contributed by atoms with Crippen LogP contribution in [-0.2, 0) is 4.79 Å². The Hall–Kier alpha value is -1.19. The van der Waals surface area contributed by atoms with E-state index in [1.165, 1.54) is 0 Å². The molecule has 0 saturated heterocycles. The number of Topliss-reactive ketones (excluding diaryl/α,β-unsaturated/α-hetero) is 1. The van der Waals surface area contributed by atoms with Crippen LogP contribution in [0.15, 0.2) is 11.1 Å². The third kappa shape index (κ3) is 2.90. The van der Waals surface area contributed by atoms with Crippen molar-refractivity contribution >= 4 is 5.78 Å². The number of nitrogens with zero attached hydrogens (tertiary/aromatic N) is 1. The molecule has 0 radical (unpaired) electrons. The van der Waals surface area contributed by atoms with E-state index < -0.39 is 6.04 Å². The maximum Gasteiger partial charge on any atom is 0.214 e.